The van der Waals surface area contributed by atoms with Crippen molar-refractivity contribution in [3.8, 4) is 5.88 Å². The molecule has 0 unspecified atom stereocenters. The summed E-state index contributed by atoms with van der Waals surface area (Å²) in [5.41, 5.74) is 9.02. The van der Waals surface area contributed by atoms with Crippen LogP contribution < -0.4 is 5.73 Å². The monoisotopic (exact) mass is 318 g/mol. The molecule has 3 N–H and O–H groups in total. The Bertz CT molecular complexity index is 730. The maximum absolute atomic E-state index is 9.78. The second-order valence-corrected chi connectivity index (χ2v) is 5.08. The van der Waals surface area contributed by atoms with E-state index >= 15 is 0 Å². The molecule has 2 heterocycles. The number of aliphatic imine (C=N–C) groups is 1. The number of benzene rings is 1. The third-order valence-electron chi connectivity index (χ3n) is 3.07. The lowest BCUT2D eigenvalue weighted by Crippen LogP contribution is -1.98. The second-order valence-electron chi connectivity index (χ2n) is 4.23. The van der Waals surface area contributed by atoms with Gasteiger partial charge in [-0.05, 0) is 18.2 Å². The minimum atomic E-state index is -0.0820. The van der Waals surface area contributed by atoms with Crippen LogP contribution in [0.1, 0.15) is 11.3 Å². The molecule has 19 heavy (non-hydrogen) atoms. The maximum Gasteiger partial charge on any atom is 0.238 e. The number of fused-ring (bicyclic) bond motifs is 1. The number of anilines is 1. The van der Waals surface area contributed by atoms with E-state index in [9.17, 15) is 5.11 Å². The average molecular weight is 319 g/mol. The smallest absolute Gasteiger partial charge is 0.238 e. The number of allylic oxidation sites excluding steroid dienone is 1. The van der Waals surface area contributed by atoms with Crippen molar-refractivity contribution in [2.45, 2.75) is 0 Å². The Morgan fingerprint density at radius 2 is 2.21 bits per heavy atom. The molecule has 0 radical (unpaired) electrons. The van der Waals surface area contributed by atoms with Gasteiger partial charge in [0.05, 0.1) is 5.69 Å². The van der Waals surface area contributed by atoms with Gasteiger partial charge in [-0.15, -0.1) is 0 Å². The highest BCUT2D eigenvalue weighted by atomic mass is 79.9. The van der Waals surface area contributed by atoms with Gasteiger partial charge in [-0.2, -0.15) is 4.98 Å². The lowest BCUT2D eigenvalue weighted by molar-refractivity contribution is 0.455. The van der Waals surface area contributed by atoms with Gasteiger partial charge in [0.15, 0.2) is 0 Å². The van der Waals surface area contributed by atoms with Crippen LogP contribution in [0.3, 0.4) is 0 Å². The first-order chi connectivity index (χ1) is 9.08. The zero-order chi connectivity index (χ0) is 13.6. The minimum Gasteiger partial charge on any atom is -0.492 e. The van der Waals surface area contributed by atoms with Crippen LogP contribution in [-0.4, -0.2) is 20.9 Å². The summed E-state index contributed by atoms with van der Waals surface area (Å²) in [4.78, 5) is 8.16. The lowest BCUT2D eigenvalue weighted by Gasteiger charge is -2.03. The summed E-state index contributed by atoms with van der Waals surface area (Å²) >= 11 is 3.51. The zero-order valence-electron chi connectivity index (χ0n) is 10.1. The molecule has 0 bridgehead atoms. The fraction of sp³-hybridized carbons (Fsp3) is 0.0769. The molecular formula is C13H11BrN4O. The molecule has 0 saturated carbocycles. The minimum absolute atomic E-state index is 0.0820. The summed E-state index contributed by atoms with van der Waals surface area (Å²) < 4.78 is 2.59. The summed E-state index contributed by atoms with van der Waals surface area (Å²) in [6.45, 7) is 0. The summed E-state index contributed by atoms with van der Waals surface area (Å²) in [5, 5.41) is 9.78. The molecular weight excluding hydrogens is 308 g/mol. The standard InChI is InChI=1S/C13H11BrN4O/c1-18-10(12(19)17-13(18)15)5-7-6-16-9-4-2-3-8(14)11(7)9/h2-6,19H,1H3,(H2,15,17)/b7-5+. The average Bonchev–Trinajstić information content (AvgIpc) is 2.88. The molecule has 0 fully saturated rings. The molecule has 0 amide bonds. The number of nitrogens with two attached hydrogens (primary N) is 1. The van der Waals surface area contributed by atoms with Crippen molar-refractivity contribution in [2.75, 3.05) is 5.73 Å². The first-order valence-electron chi connectivity index (χ1n) is 5.63. The molecule has 0 saturated heterocycles. The van der Waals surface area contributed by atoms with Crippen LogP contribution in [0.5, 0.6) is 5.88 Å². The number of imidazole rings is 1. The van der Waals surface area contributed by atoms with Crippen LogP contribution in [0.2, 0.25) is 0 Å². The van der Waals surface area contributed by atoms with Crippen molar-refractivity contribution in [1.29, 1.82) is 0 Å². The highest BCUT2D eigenvalue weighted by Gasteiger charge is 2.17. The van der Waals surface area contributed by atoms with Gasteiger partial charge in [-0.25, -0.2) is 0 Å². The number of hydrogen-bond acceptors (Lipinski definition) is 4. The fourth-order valence-electron chi connectivity index (χ4n) is 2.04. The predicted molar refractivity (Wildman–Crippen MR) is 79.5 cm³/mol. The van der Waals surface area contributed by atoms with E-state index < -0.39 is 0 Å². The zero-order valence-corrected chi connectivity index (χ0v) is 11.7. The van der Waals surface area contributed by atoms with Crippen LogP contribution in [0, 0.1) is 0 Å². The van der Waals surface area contributed by atoms with Crippen molar-refractivity contribution < 1.29 is 5.11 Å². The summed E-state index contributed by atoms with van der Waals surface area (Å²) in [7, 11) is 1.75. The fourth-order valence-corrected chi connectivity index (χ4v) is 2.63. The van der Waals surface area contributed by atoms with E-state index in [1.165, 1.54) is 0 Å². The van der Waals surface area contributed by atoms with Crippen LogP contribution in [-0.2, 0) is 7.05 Å². The third-order valence-corrected chi connectivity index (χ3v) is 3.73. The Morgan fingerprint density at radius 3 is 2.89 bits per heavy atom. The van der Waals surface area contributed by atoms with Crippen molar-refractivity contribution in [1.82, 2.24) is 9.55 Å². The van der Waals surface area contributed by atoms with Gasteiger partial charge in [0.1, 0.15) is 5.69 Å². The van der Waals surface area contributed by atoms with Gasteiger partial charge in [0, 0.05) is 28.9 Å². The van der Waals surface area contributed by atoms with E-state index in [1.807, 2.05) is 24.3 Å². The first kappa shape index (κ1) is 12.0. The molecule has 1 aliphatic heterocycles. The first-order valence-corrected chi connectivity index (χ1v) is 6.43. The number of aromatic hydroxyl groups is 1. The van der Waals surface area contributed by atoms with E-state index in [0.29, 0.717) is 5.69 Å². The largest absolute Gasteiger partial charge is 0.492 e. The van der Waals surface area contributed by atoms with Crippen LogP contribution in [0.15, 0.2) is 27.7 Å². The Balaban J connectivity index is 2.16. The van der Waals surface area contributed by atoms with Crippen molar-refractivity contribution >= 4 is 45.4 Å². The van der Waals surface area contributed by atoms with E-state index in [0.717, 1.165) is 21.3 Å². The molecule has 0 aliphatic carbocycles. The van der Waals surface area contributed by atoms with Crippen molar-refractivity contribution in [3.63, 3.8) is 0 Å². The number of nitrogen functional groups attached to an aromatic ring is 1. The quantitative estimate of drug-likeness (QED) is 0.848. The summed E-state index contributed by atoms with van der Waals surface area (Å²) in [6.07, 6.45) is 3.58. The summed E-state index contributed by atoms with van der Waals surface area (Å²) in [6, 6.07) is 5.83. The van der Waals surface area contributed by atoms with Gasteiger partial charge < -0.3 is 15.4 Å². The molecule has 2 aromatic rings. The number of nitrogens with zero attached hydrogens (tertiary/aromatic N) is 3. The molecule has 3 rings (SSSR count). The van der Waals surface area contributed by atoms with Gasteiger partial charge in [0.2, 0.25) is 11.8 Å². The van der Waals surface area contributed by atoms with Crippen LogP contribution in [0.4, 0.5) is 11.6 Å². The number of aromatic nitrogens is 2. The maximum atomic E-state index is 9.78. The topological polar surface area (TPSA) is 76.4 Å². The number of hydrogen-bond donors (Lipinski definition) is 2. The predicted octanol–water partition coefficient (Wildman–Crippen LogP) is 2.73. The van der Waals surface area contributed by atoms with Gasteiger partial charge >= 0.3 is 0 Å². The Labute approximate surface area is 118 Å². The lowest BCUT2D eigenvalue weighted by atomic mass is 10.1. The molecule has 96 valence electrons. The SMILES string of the molecule is Cn1c(N)nc(O)c1/C=C1\C=Nc2cccc(Br)c21. The van der Waals surface area contributed by atoms with Gasteiger partial charge in [0.25, 0.3) is 0 Å². The Morgan fingerprint density at radius 1 is 1.42 bits per heavy atom. The molecule has 0 spiro atoms. The van der Waals surface area contributed by atoms with Gasteiger partial charge in [-0.1, -0.05) is 22.0 Å². The number of halogens is 1. The molecule has 1 aromatic heterocycles. The molecule has 1 aromatic carbocycles. The van der Waals surface area contributed by atoms with Crippen LogP contribution in [0.25, 0.3) is 11.6 Å². The normalized spacial score (nSPS) is 15.2. The molecule has 0 atom stereocenters. The third kappa shape index (κ3) is 1.84. The van der Waals surface area contributed by atoms with Crippen molar-refractivity contribution in [3.05, 3.63) is 33.9 Å². The number of rotatable bonds is 1. The molecule has 5 nitrogen and oxygen atoms in total. The second kappa shape index (κ2) is 4.24. The highest BCUT2D eigenvalue weighted by molar-refractivity contribution is 9.10. The van der Waals surface area contributed by atoms with Gasteiger partial charge in [-0.3, -0.25) is 4.99 Å². The van der Waals surface area contributed by atoms with E-state index in [2.05, 4.69) is 25.9 Å². The molecule has 6 heteroatoms. The van der Waals surface area contributed by atoms with Crippen LogP contribution >= 0.6 is 15.9 Å². The Hall–Kier alpha value is -2.08. The van der Waals surface area contributed by atoms with Crippen molar-refractivity contribution in [2.24, 2.45) is 12.0 Å². The van der Waals surface area contributed by atoms with E-state index in [1.54, 1.807) is 17.8 Å². The highest BCUT2D eigenvalue weighted by Crippen LogP contribution is 2.38. The van der Waals surface area contributed by atoms with E-state index in [4.69, 9.17) is 5.73 Å². The molecule has 1 aliphatic rings. The Kier molecular flexibility index (Phi) is 2.67. The summed E-state index contributed by atoms with van der Waals surface area (Å²) in [5.74, 6) is 0.188. The van der Waals surface area contributed by atoms with E-state index in [-0.39, 0.29) is 11.8 Å².